The number of ether oxygens (including phenoxy) is 2. The third-order valence-corrected chi connectivity index (χ3v) is 8.84. The Hall–Kier alpha value is -3.88. The van der Waals surface area contributed by atoms with Crippen molar-refractivity contribution in [2.45, 2.75) is 31.8 Å². The van der Waals surface area contributed by atoms with Crippen LogP contribution in [0.2, 0.25) is 0 Å². The van der Waals surface area contributed by atoms with Gasteiger partial charge in [-0.1, -0.05) is 97.1 Å². The van der Waals surface area contributed by atoms with Gasteiger partial charge in [0.15, 0.2) is 5.69 Å². The number of nitrogens with one attached hydrogen (secondary N) is 1. The van der Waals surface area contributed by atoms with Gasteiger partial charge in [0.25, 0.3) is 0 Å². The predicted octanol–water partition coefficient (Wildman–Crippen LogP) is 6.08. The van der Waals surface area contributed by atoms with Gasteiger partial charge in [0.2, 0.25) is 10.0 Å². The van der Waals surface area contributed by atoms with Crippen LogP contribution in [0.5, 0.6) is 0 Å². The normalized spacial score (nSPS) is 19.1. The molecule has 0 spiro atoms. The average molecular weight is 639 g/mol. The minimum absolute atomic E-state index is 0.0466. The molecule has 2 heterocycles. The second-order valence-corrected chi connectivity index (χ2v) is 13.8. The molecule has 4 aromatic carbocycles. The summed E-state index contributed by atoms with van der Waals surface area (Å²) in [4.78, 5) is 7.99. The Balaban J connectivity index is 0.000000184. The molecule has 0 bridgehead atoms. The van der Waals surface area contributed by atoms with Crippen LogP contribution >= 0.6 is 0 Å². The monoisotopic (exact) mass is 638 g/mol. The molecule has 0 aromatic heterocycles. The SMILES string of the molecule is CN1CCOC(c2ccccc2)c2ccc(CNS(C)(=O)=O)cc2C1.[C-]#[N+]c1ccc2c(c1)CN(C)CCOC2c1ccccc1. The lowest BCUT2D eigenvalue weighted by atomic mass is 9.94. The summed E-state index contributed by atoms with van der Waals surface area (Å²) in [6.07, 6.45) is 1.03. The summed E-state index contributed by atoms with van der Waals surface area (Å²) in [5.74, 6) is 0. The fourth-order valence-electron chi connectivity index (χ4n) is 5.81. The molecular weight excluding hydrogens is 596 g/mol. The molecule has 46 heavy (non-hydrogen) atoms. The van der Waals surface area contributed by atoms with Crippen molar-refractivity contribution in [3.8, 4) is 0 Å². The maximum atomic E-state index is 11.3. The number of hydrogen-bond donors (Lipinski definition) is 1. The zero-order valence-corrected chi connectivity index (χ0v) is 27.5. The van der Waals surface area contributed by atoms with E-state index in [1.54, 1.807) is 0 Å². The topological polar surface area (TPSA) is 75.5 Å². The molecule has 2 unspecified atom stereocenters. The Morgan fingerprint density at radius 1 is 0.761 bits per heavy atom. The van der Waals surface area contributed by atoms with Crippen molar-refractivity contribution < 1.29 is 17.9 Å². The van der Waals surface area contributed by atoms with Crippen LogP contribution in [0.4, 0.5) is 5.69 Å². The molecule has 1 N–H and O–H groups in total. The molecule has 2 aliphatic heterocycles. The highest BCUT2D eigenvalue weighted by atomic mass is 32.2. The maximum Gasteiger partial charge on any atom is 0.209 e. The third kappa shape index (κ3) is 9.10. The largest absolute Gasteiger partial charge is 0.367 e. The summed E-state index contributed by atoms with van der Waals surface area (Å²) >= 11 is 0. The van der Waals surface area contributed by atoms with Gasteiger partial charge < -0.3 is 9.47 Å². The molecule has 0 radical (unpaired) electrons. The molecule has 0 amide bonds. The van der Waals surface area contributed by atoms with Gasteiger partial charge in [-0.15, -0.1) is 0 Å². The van der Waals surface area contributed by atoms with Crippen molar-refractivity contribution in [2.75, 3.05) is 46.7 Å². The van der Waals surface area contributed by atoms with Crippen LogP contribution < -0.4 is 4.72 Å². The molecule has 4 aromatic rings. The molecule has 240 valence electrons. The number of nitrogens with zero attached hydrogens (tertiary/aromatic N) is 3. The van der Waals surface area contributed by atoms with Crippen LogP contribution in [0.25, 0.3) is 4.85 Å². The van der Waals surface area contributed by atoms with Crippen molar-refractivity contribution in [3.63, 3.8) is 0 Å². The van der Waals surface area contributed by atoms with E-state index in [9.17, 15) is 8.42 Å². The summed E-state index contributed by atoms with van der Waals surface area (Å²) in [7, 11) is 0.944. The number of sulfonamides is 1. The summed E-state index contributed by atoms with van der Waals surface area (Å²) in [5.41, 5.74) is 8.60. The number of benzene rings is 4. The molecule has 8 nitrogen and oxygen atoms in total. The van der Waals surface area contributed by atoms with E-state index < -0.39 is 10.0 Å². The zero-order chi connectivity index (χ0) is 32.5. The first kappa shape index (κ1) is 33.5. The summed E-state index contributed by atoms with van der Waals surface area (Å²) in [6, 6.07) is 32.5. The zero-order valence-electron chi connectivity index (χ0n) is 26.7. The highest BCUT2D eigenvalue weighted by Crippen LogP contribution is 2.33. The van der Waals surface area contributed by atoms with Crippen LogP contribution in [-0.2, 0) is 39.1 Å². The van der Waals surface area contributed by atoms with Gasteiger partial charge in [0.05, 0.1) is 26.0 Å². The van der Waals surface area contributed by atoms with Crippen molar-refractivity contribution in [1.29, 1.82) is 0 Å². The van der Waals surface area contributed by atoms with Crippen molar-refractivity contribution >= 4 is 15.7 Å². The van der Waals surface area contributed by atoms with Gasteiger partial charge in [-0.25, -0.2) is 18.0 Å². The van der Waals surface area contributed by atoms with Crippen LogP contribution in [0, 0.1) is 6.57 Å². The Labute approximate surface area is 273 Å². The molecule has 2 aliphatic rings. The minimum Gasteiger partial charge on any atom is -0.367 e. The van der Waals surface area contributed by atoms with Crippen molar-refractivity contribution in [1.82, 2.24) is 14.5 Å². The van der Waals surface area contributed by atoms with Gasteiger partial charge in [-0.2, -0.15) is 0 Å². The van der Waals surface area contributed by atoms with Crippen LogP contribution in [-0.4, -0.2) is 64.9 Å². The molecule has 9 heteroatoms. The van der Waals surface area contributed by atoms with E-state index in [-0.39, 0.29) is 12.2 Å². The molecular formula is C37H42N4O4S. The van der Waals surface area contributed by atoms with Gasteiger partial charge in [-0.3, -0.25) is 9.80 Å². The Kier molecular flexibility index (Phi) is 11.4. The molecule has 0 aliphatic carbocycles. The molecule has 0 saturated carbocycles. The minimum atomic E-state index is -3.21. The standard InChI is InChI=1S/C19H24N2O3S.C18H18N2O/c1-21-10-11-24-19(16-6-4-3-5-7-16)18-9-8-15(12-17(18)14-21)13-20-25(2,22)23;1-19-16-8-9-17-15(12-16)13-20(2)10-11-21-18(17)14-6-4-3-5-7-14/h3-9,12,19-20H,10-11,13-14H2,1-2H3;3-9,12,18H,10-11,13H2,2H3. The number of fused-ring (bicyclic) bond motifs is 2. The van der Waals surface area contributed by atoms with E-state index in [0.29, 0.717) is 25.4 Å². The van der Waals surface area contributed by atoms with Gasteiger partial charge in [0, 0.05) is 32.7 Å². The van der Waals surface area contributed by atoms with E-state index in [4.69, 9.17) is 16.0 Å². The van der Waals surface area contributed by atoms with Crippen LogP contribution in [0.15, 0.2) is 97.1 Å². The summed E-state index contributed by atoms with van der Waals surface area (Å²) < 4.78 is 37.5. The van der Waals surface area contributed by atoms with E-state index in [1.807, 2.05) is 60.7 Å². The first-order chi connectivity index (χ1) is 22.2. The fourth-order valence-corrected chi connectivity index (χ4v) is 6.24. The predicted molar refractivity (Wildman–Crippen MR) is 182 cm³/mol. The van der Waals surface area contributed by atoms with E-state index in [0.717, 1.165) is 42.9 Å². The second-order valence-electron chi connectivity index (χ2n) is 11.9. The summed E-state index contributed by atoms with van der Waals surface area (Å²) in [5, 5.41) is 0. The van der Waals surface area contributed by atoms with Crippen LogP contribution in [0.1, 0.15) is 51.2 Å². The fraction of sp³-hybridized carbons (Fsp3) is 0.324. The average Bonchev–Trinajstić information content (AvgIpc) is 3.04. The Morgan fingerprint density at radius 2 is 1.26 bits per heavy atom. The lowest BCUT2D eigenvalue weighted by Crippen LogP contribution is -2.28. The second kappa shape index (κ2) is 15.6. The number of hydrogen-bond acceptors (Lipinski definition) is 6. The third-order valence-electron chi connectivity index (χ3n) is 8.17. The molecule has 2 atom stereocenters. The molecule has 6 rings (SSSR count). The van der Waals surface area contributed by atoms with Gasteiger partial charge in [0.1, 0.15) is 12.2 Å². The highest BCUT2D eigenvalue weighted by molar-refractivity contribution is 7.88. The lowest BCUT2D eigenvalue weighted by molar-refractivity contribution is 0.0553. The molecule has 0 saturated heterocycles. The quantitative estimate of drug-likeness (QED) is 0.268. The first-order valence-electron chi connectivity index (χ1n) is 15.5. The Bertz CT molecular complexity index is 1740. The summed E-state index contributed by atoms with van der Waals surface area (Å²) in [6.45, 7) is 12.3. The van der Waals surface area contributed by atoms with E-state index in [2.05, 4.69) is 69.9 Å². The number of likely N-dealkylation sites (N-methyl/N-ethyl adjacent to an activating group) is 2. The Morgan fingerprint density at radius 3 is 1.76 bits per heavy atom. The van der Waals surface area contributed by atoms with Crippen molar-refractivity contribution in [2.24, 2.45) is 0 Å². The van der Waals surface area contributed by atoms with Gasteiger partial charge in [-0.05, 0) is 53.0 Å². The van der Waals surface area contributed by atoms with Crippen LogP contribution in [0.3, 0.4) is 0 Å². The highest BCUT2D eigenvalue weighted by Gasteiger charge is 2.23. The van der Waals surface area contributed by atoms with Crippen molar-refractivity contribution in [3.05, 3.63) is 147 Å². The van der Waals surface area contributed by atoms with E-state index in [1.165, 1.54) is 28.5 Å². The molecule has 0 fully saturated rings. The van der Waals surface area contributed by atoms with Gasteiger partial charge >= 0.3 is 0 Å². The first-order valence-corrected chi connectivity index (χ1v) is 17.4. The maximum absolute atomic E-state index is 11.3. The van der Waals surface area contributed by atoms with E-state index >= 15 is 0 Å². The number of rotatable bonds is 5. The lowest BCUT2D eigenvalue weighted by Gasteiger charge is -2.29. The smallest absolute Gasteiger partial charge is 0.209 e.